The van der Waals surface area contributed by atoms with Crippen LogP contribution in [0.1, 0.15) is 6.04 Å². The largest absolute Gasteiger partial charge is 0.493 e. The van der Waals surface area contributed by atoms with Crippen molar-refractivity contribution in [3.8, 4) is 5.88 Å². The first-order chi connectivity index (χ1) is 10.2. The number of ether oxygens (including phenoxy) is 1. The van der Waals surface area contributed by atoms with Gasteiger partial charge in [0.1, 0.15) is 6.61 Å². The number of para-hydroxylation sites is 1. The van der Waals surface area contributed by atoms with E-state index in [4.69, 9.17) is 4.74 Å². The van der Waals surface area contributed by atoms with Gasteiger partial charge in [0, 0.05) is 24.0 Å². The SMILES string of the molecule is COCC(=O)N=Nc1c(O)n(C2CSC2)c2ccccc12. The number of hydrogen-bond acceptors (Lipinski definition) is 5. The highest BCUT2D eigenvalue weighted by molar-refractivity contribution is 8.00. The molecule has 0 atom stereocenters. The minimum atomic E-state index is -0.479. The Morgan fingerprint density at radius 1 is 1.48 bits per heavy atom. The average Bonchev–Trinajstić information content (AvgIpc) is 2.69. The van der Waals surface area contributed by atoms with Crippen molar-refractivity contribution in [3.05, 3.63) is 24.3 Å². The molecule has 1 aromatic carbocycles. The van der Waals surface area contributed by atoms with Crippen LogP contribution in [0.5, 0.6) is 5.88 Å². The van der Waals surface area contributed by atoms with Crippen LogP contribution in [0.25, 0.3) is 10.9 Å². The zero-order valence-electron chi connectivity index (χ0n) is 11.5. The van der Waals surface area contributed by atoms with Crippen LogP contribution in [0.15, 0.2) is 34.5 Å². The van der Waals surface area contributed by atoms with Crippen molar-refractivity contribution in [1.29, 1.82) is 0 Å². The van der Waals surface area contributed by atoms with E-state index in [9.17, 15) is 9.90 Å². The quantitative estimate of drug-likeness (QED) is 0.881. The normalized spacial score (nSPS) is 15.7. The summed E-state index contributed by atoms with van der Waals surface area (Å²) in [6, 6.07) is 7.86. The predicted molar refractivity (Wildman–Crippen MR) is 81.4 cm³/mol. The van der Waals surface area contributed by atoms with Crippen LogP contribution < -0.4 is 0 Å². The van der Waals surface area contributed by atoms with Crippen molar-refractivity contribution >= 4 is 34.3 Å². The summed E-state index contributed by atoms with van der Waals surface area (Å²) in [7, 11) is 1.42. The Bertz CT molecular complexity index is 707. The summed E-state index contributed by atoms with van der Waals surface area (Å²) in [5.41, 5.74) is 1.25. The van der Waals surface area contributed by atoms with Crippen LogP contribution in [0, 0.1) is 0 Å². The third kappa shape index (κ3) is 2.54. The lowest BCUT2D eigenvalue weighted by molar-refractivity contribution is -0.121. The number of nitrogens with zero attached hydrogens (tertiary/aromatic N) is 3. The van der Waals surface area contributed by atoms with E-state index >= 15 is 0 Å². The molecule has 2 aromatic rings. The fourth-order valence-electron chi connectivity index (χ4n) is 2.33. The molecule has 0 aliphatic carbocycles. The molecule has 1 aliphatic rings. The molecular weight excluding hydrogens is 290 g/mol. The van der Waals surface area contributed by atoms with Gasteiger partial charge < -0.3 is 14.4 Å². The van der Waals surface area contributed by atoms with Gasteiger partial charge in [0.15, 0.2) is 5.69 Å². The van der Waals surface area contributed by atoms with Gasteiger partial charge in [0.2, 0.25) is 5.88 Å². The monoisotopic (exact) mass is 305 g/mol. The van der Waals surface area contributed by atoms with Crippen LogP contribution in [0.3, 0.4) is 0 Å². The molecule has 1 fully saturated rings. The first-order valence-corrected chi connectivity index (χ1v) is 7.71. The highest BCUT2D eigenvalue weighted by Crippen LogP contribution is 2.44. The molecule has 1 aromatic heterocycles. The Labute approximate surface area is 125 Å². The average molecular weight is 305 g/mol. The van der Waals surface area contributed by atoms with E-state index in [1.54, 1.807) is 0 Å². The third-order valence-electron chi connectivity index (χ3n) is 3.37. The topological polar surface area (TPSA) is 76.2 Å². The summed E-state index contributed by atoms with van der Waals surface area (Å²) in [4.78, 5) is 11.4. The maximum atomic E-state index is 11.4. The Morgan fingerprint density at radius 3 is 2.90 bits per heavy atom. The van der Waals surface area contributed by atoms with E-state index in [0.29, 0.717) is 5.69 Å². The molecule has 0 saturated carbocycles. The van der Waals surface area contributed by atoms with Gasteiger partial charge in [-0.3, -0.25) is 4.79 Å². The van der Waals surface area contributed by atoms with E-state index in [1.807, 2.05) is 40.6 Å². The Morgan fingerprint density at radius 2 is 2.24 bits per heavy atom. The fourth-order valence-corrected chi connectivity index (χ4v) is 3.08. The number of hydrogen-bond donors (Lipinski definition) is 1. The molecule has 0 unspecified atom stereocenters. The van der Waals surface area contributed by atoms with Gasteiger partial charge in [0.05, 0.1) is 11.6 Å². The molecule has 0 spiro atoms. The van der Waals surface area contributed by atoms with Gasteiger partial charge >= 0.3 is 0 Å². The number of carbonyl (C=O) groups is 1. The molecule has 1 amide bonds. The fraction of sp³-hybridized carbons (Fsp3) is 0.357. The van der Waals surface area contributed by atoms with E-state index in [0.717, 1.165) is 22.4 Å². The van der Waals surface area contributed by atoms with Gasteiger partial charge in [-0.05, 0) is 6.07 Å². The third-order valence-corrected chi connectivity index (χ3v) is 4.61. The minimum absolute atomic E-state index is 0.0652. The molecule has 1 aliphatic heterocycles. The number of amides is 1. The van der Waals surface area contributed by atoms with Gasteiger partial charge in [0.25, 0.3) is 5.91 Å². The van der Waals surface area contributed by atoms with Crippen LogP contribution in [0.2, 0.25) is 0 Å². The number of methoxy groups -OCH3 is 1. The molecule has 7 heteroatoms. The van der Waals surface area contributed by atoms with Crippen molar-refractivity contribution in [1.82, 2.24) is 4.57 Å². The first-order valence-electron chi connectivity index (χ1n) is 6.55. The second-order valence-corrected chi connectivity index (χ2v) is 5.85. The number of carbonyl (C=O) groups excluding carboxylic acids is 1. The molecule has 6 nitrogen and oxygen atoms in total. The zero-order valence-corrected chi connectivity index (χ0v) is 12.3. The molecule has 3 rings (SSSR count). The summed E-state index contributed by atoms with van der Waals surface area (Å²) in [6.45, 7) is -0.123. The second-order valence-electron chi connectivity index (χ2n) is 4.78. The van der Waals surface area contributed by atoms with Crippen LogP contribution in [0.4, 0.5) is 5.69 Å². The van der Waals surface area contributed by atoms with Gasteiger partial charge in [-0.15, -0.1) is 10.2 Å². The van der Waals surface area contributed by atoms with E-state index in [-0.39, 0.29) is 18.5 Å². The highest BCUT2D eigenvalue weighted by Gasteiger charge is 2.27. The summed E-state index contributed by atoms with van der Waals surface area (Å²) in [6.07, 6.45) is 0. The highest BCUT2D eigenvalue weighted by atomic mass is 32.2. The summed E-state index contributed by atoms with van der Waals surface area (Å²) in [5.74, 6) is 1.51. The van der Waals surface area contributed by atoms with Gasteiger partial charge in [-0.1, -0.05) is 18.2 Å². The van der Waals surface area contributed by atoms with Crippen molar-refractivity contribution in [3.63, 3.8) is 0 Å². The van der Waals surface area contributed by atoms with Crippen LogP contribution in [-0.4, -0.2) is 40.8 Å². The van der Waals surface area contributed by atoms with Crippen molar-refractivity contribution in [2.24, 2.45) is 10.2 Å². The van der Waals surface area contributed by atoms with Crippen LogP contribution in [-0.2, 0) is 9.53 Å². The first kappa shape index (κ1) is 14.1. The van der Waals surface area contributed by atoms with E-state index < -0.39 is 5.91 Å². The predicted octanol–water partition coefficient (Wildman–Crippen LogP) is 2.89. The molecule has 21 heavy (non-hydrogen) atoms. The number of azo groups is 1. The maximum Gasteiger partial charge on any atom is 0.290 e. The van der Waals surface area contributed by atoms with Gasteiger partial charge in [-0.2, -0.15) is 11.8 Å². The van der Waals surface area contributed by atoms with Gasteiger partial charge in [-0.25, -0.2) is 0 Å². The van der Waals surface area contributed by atoms with E-state index in [2.05, 4.69) is 10.2 Å². The van der Waals surface area contributed by atoms with Crippen molar-refractivity contribution < 1.29 is 14.6 Å². The molecule has 110 valence electrons. The molecule has 1 saturated heterocycles. The smallest absolute Gasteiger partial charge is 0.290 e. The lowest BCUT2D eigenvalue weighted by Gasteiger charge is -2.27. The maximum absolute atomic E-state index is 11.4. The number of fused-ring (bicyclic) bond motifs is 1. The lowest BCUT2D eigenvalue weighted by Crippen LogP contribution is -2.22. The molecule has 2 heterocycles. The second kappa shape index (κ2) is 5.87. The van der Waals surface area contributed by atoms with Crippen molar-refractivity contribution in [2.75, 3.05) is 25.2 Å². The Balaban J connectivity index is 2.05. The zero-order chi connectivity index (χ0) is 14.8. The lowest BCUT2D eigenvalue weighted by atomic mass is 10.2. The van der Waals surface area contributed by atoms with Crippen LogP contribution >= 0.6 is 11.8 Å². The standard InChI is InChI=1S/C14H15N3O3S/c1-20-6-12(18)15-16-13-10-4-2-3-5-11(10)17(14(13)19)9-7-21-8-9/h2-5,9,19H,6-8H2,1H3. The number of rotatable bonds is 4. The minimum Gasteiger partial charge on any atom is -0.493 e. The summed E-state index contributed by atoms with van der Waals surface area (Å²) < 4.78 is 6.58. The summed E-state index contributed by atoms with van der Waals surface area (Å²) in [5, 5.41) is 18.8. The number of benzene rings is 1. The number of aromatic hydroxyl groups is 1. The molecule has 0 radical (unpaired) electrons. The van der Waals surface area contributed by atoms with E-state index in [1.165, 1.54) is 7.11 Å². The molecule has 0 bridgehead atoms. The Kier molecular flexibility index (Phi) is 3.94. The number of aromatic nitrogens is 1. The van der Waals surface area contributed by atoms with Crippen molar-refractivity contribution in [2.45, 2.75) is 6.04 Å². The molecule has 1 N–H and O–H groups in total. The summed E-state index contributed by atoms with van der Waals surface area (Å²) >= 11 is 1.83. The Hall–Kier alpha value is -1.86. The molecular formula is C14H15N3O3S. The number of thioether (sulfide) groups is 1.